The Kier molecular flexibility index (Phi) is 9.17. The average Bonchev–Trinajstić information content (AvgIpc) is 3.22. The first-order valence-corrected chi connectivity index (χ1v) is 13.3. The van der Waals surface area contributed by atoms with Gasteiger partial charge in [-0.1, -0.05) is 6.42 Å². The summed E-state index contributed by atoms with van der Waals surface area (Å²) in [6, 6.07) is 4.47. The molecule has 0 bridgehead atoms. The largest absolute Gasteiger partial charge is 0.415 e. The summed E-state index contributed by atoms with van der Waals surface area (Å²) < 4.78 is 19.7. The second-order valence-electron chi connectivity index (χ2n) is 9.11. The first kappa shape index (κ1) is 25.7. The van der Waals surface area contributed by atoms with Crippen LogP contribution < -0.4 is 15.8 Å². The van der Waals surface area contributed by atoms with Gasteiger partial charge in [-0.2, -0.15) is 0 Å². The summed E-state index contributed by atoms with van der Waals surface area (Å²) in [7, 11) is 0. The molecule has 0 spiro atoms. The molecule has 2 amide bonds. The molecule has 3 fully saturated rings. The van der Waals surface area contributed by atoms with E-state index in [0.29, 0.717) is 47.9 Å². The fourth-order valence-corrected chi connectivity index (χ4v) is 5.50. The quantitative estimate of drug-likeness (QED) is 0.436. The molecule has 3 N–H and O–H groups in total. The van der Waals surface area contributed by atoms with Gasteiger partial charge in [0.05, 0.1) is 4.91 Å². The van der Waals surface area contributed by atoms with Gasteiger partial charge in [0, 0.05) is 31.2 Å². The number of nitrogens with one attached hydrogen (secondary N) is 1. The number of hydrogen-bond acceptors (Lipinski definition) is 7. The van der Waals surface area contributed by atoms with E-state index in [9.17, 15) is 14.0 Å². The molecule has 1 aromatic carbocycles. The topological polar surface area (TPSA) is 100 Å². The van der Waals surface area contributed by atoms with Crippen molar-refractivity contribution in [1.29, 1.82) is 0 Å². The number of amidine groups is 1. The fourth-order valence-electron chi connectivity index (χ4n) is 4.66. The van der Waals surface area contributed by atoms with E-state index in [4.69, 9.17) is 10.5 Å². The summed E-state index contributed by atoms with van der Waals surface area (Å²) in [5.41, 5.74) is 5.83. The van der Waals surface area contributed by atoms with Gasteiger partial charge in [0.1, 0.15) is 11.6 Å². The number of nitrogens with zero attached hydrogens (tertiary/aromatic N) is 3. The summed E-state index contributed by atoms with van der Waals surface area (Å²) in [5, 5.41) is 3.22. The molecular weight excluding hydrogens is 469 g/mol. The van der Waals surface area contributed by atoms with E-state index < -0.39 is 11.9 Å². The number of aliphatic imine (C=N–C) groups is 1. The predicted molar refractivity (Wildman–Crippen MR) is 137 cm³/mol. The molecule has 3 aliphatic rings. The second-order valence-corrected chi connectivity index (χ2v) is 10.1. The number of likely N-dealkylation sites (tertiary alicyclic amines) is 2. The molecule has 35 heavy (non-hydrogen) atoms. The second kappa shape index (κ2) is 12.5. The number of benzene rings is 1. The molecular formula is C25H34FN5O3S. The van der Waals surface area contributed by atoms with Gasteiger partial charge in [0.25, 0.3) is 5.91 Å². The lowest BCUT2D eigenvalue weighted by Gasteiger charge is -2.39. The van der Waals surface area contributed by atoms with Crippen molar-refractivity contribution in [2.45, 2.75) is 51.0 Å². The number of halogens is 1. The van der Waals surface area contributed by atoms with Crippen LogP contribution >= 0.6 is 11.8 Å². The zero-order valence-electron chi connectivity index (χ0n) is 20.0. The first-order valence-electron chi connectivity index (χ1n) is 12.5. The van der Waals surface area contributed by atoms with Crippen molar-refractivity contribution in [3.63, 3.8) is 0 Å². The summed E-state index contributed by atoms with van der Waals surface area (Å²) >= 11 is 1.19. The molecule has 4 rings (SSSR count). The first-order chi connectivity index (χ1) is 17.0. The standard InChI is InChI=1S/C25H34FN5O3S/c26-19-6-7-21(18(16-19)17-22-23(32)29-24(35-22)28-11-3-2-10-27)34-25(33)31-14-8-20(9-15-31)30-12-4-1-5-13-30/h6-7,16-17,20H,1-5,8-15,27H2,(H,28,29,32)/b22-17+. The Hall–Kier alpha value is -2.43. The monoisotopic (exact) mass is 503 g/mol. The molecule has 0 radical (unpaired) electrons. The number of carbonyl (C=O) groups excluding carboxylic acids is 2. The molecule has 0 aromatic heterocycles. The Morgan fingerprint density at radius 3 is 2.71 bits per heavy atom. The number of nitrogens with two attached hydrogens (primary N) is 1. The molecule has 0 atom stereocenters. The molecule has 0 aliphatic carbocycles. The highest BCUT2D eigenvalue weighted by atomic mass is 32.2. The molecule has 10 heteroatoms. The number of rotatable bonds is 7. The van der Waals surface area contributed by atoms with E-state index in [2.05, 4.69) is 15.2 Å². The number of thioether (sulfide) groups is 1. The third-order valence-electron chi connectivity index (χ3n) is 6.60. The molecule has 0 unspecified atom stereocenters. The van der Waals surface area contributed by atoms with Crippen molar-refractivity contribution >= 4 is 35.0 Å². The minimum absolute atomic E-state index is 0.226. The molecule has 3 heterocycles. The van der Waals surface area contributed by atoms with Crippen LogP contribution in [0.25, 0.3) is 6.08 Å². The summed E-state index contributed by atoms with van der Waals surface area (Å²) in [6.45, 7) is 4.75. The lowest BCUT2D eigenvalue weighted by molar-refractivity contribution is -0.115. The van der Waals surface area contributed by atoms with Crippen LogP contribution in [-0.4, -0.2) is 72.3 Å². The van der Waals surface area contributed by atoms with Gasteiger partial charge in [-0.3, -0.25) is 9.79 Å². The highest BCUT2D eigenvalue weighted by Crippen LogP contribution is 2.30. The summed E-state index contributed by atoms with van der Waals surface area (Å²) in [4.78, 5) is 34.3. The Morgan fingerprint density at radius 2 is 1.97 bits per heavy atom. The van der Waals surface area contributed by atoms with E-state index in [1.807, 2.05) is 0 Å². The lowest BCUT2D eigenvalue weighted by atomic mass is 10.0. The summed E-state index contributed by atoms with van der Waals surface area (Å²) in [5.74, 6) is -0.559. The predicted octanol–water partition coefficient (Wildman–Crippen LogP) is 3.57. The van der Waals surface area contributed by atoms with Crippen molar-refractivity contribution in [3.05, 3.63) is 34.5 Å². The SMILES string of the molecule is NCCCCN=C1NC(=O)/C(=C\c2cc(F)ccc2OC(=O)N2CCC(N3CCCCC3)CC2)S1. The minimum Gasteiger partial charge on any atom is -0.410 e. The van der Waals surface area contributed by atoms with Gasteiger partial charge in [0.2, 0.25) is 0 Å². The van der Waals surface area contributed by atoms with Crippen LogP contribution in [0.2, 0.25) is 0 Å². The van der Waals surface area contributed by atoms with E-state index in [-0.39, 0.29) is 11.7 Å². The number of ether oxygens (including phenoxy) is 1. The van der Waals surface area contributed by atoms with Gasteiger partial charge in [-0.25, -0.2) is 9.18 Å². The molecule has 190 valence electrons. The van der Waals surface area contributed by atoms with E-state index in [1.165, 1.54) is 55.3 Å². The normalized spacial score (nSPS) is 22.1. The van der Waals surface area contributed by atoms with Crippen LogP contribution in [0, 0.1) is 5.82 Å². The minimum atomic E-state index is -0.474. The Balaban J connectivity index is 1.38. The smallest absolute Gasteiger partial charge is 0.410 e. The average molecular weight is 504 g/mol. The maximum absolute atomic E-state index is 14.0. The zero-order chi connectivity index (χ0) is 24.6. The maximum atomic E-state index is 14.0. The van der Waals surface area contributed by atoms with Crippen molar-refractivity contribution in [2.24, 2.45) is 10.7 Å². The molecule has 3 saturated heterocycles. The number of hydrogen-bond donors (Lipinski definition) is 2. The number of amides is 2. The van der Waals surface area contributed by atoms with Crippen LogP contribution in [0.1, 0.15) is 50.5 Å². The fraction of sp³-hybridized carbons (Fsp3) is 0.560. The van der Waals surface area contributed by atoms with E-state index in [0.717, 1.165) is 38.8 Å². The van der Waals surface area contributed by atoms with E-state index >= 15 is 0 Å². The lowest BCUT2D eigenvalue weighted by Crippen LogP contribution is -2.48. The van der Waals surface area contributed by atoms with E-state index in [1.54, 1.807) is 4.90 Å². The molecule has 8 nitrogen and oxygen atoms in total. The third-order valence-corrected chi connectivity index (χ3v) is 7.55. The third kappa shape index (κ3) is 7.05. The molecule has 1 aromatic rings. The number of unbranched alkanes of at least 4 members (excludes halogenated alkanes) is 1. The highest BCUT2D eigenvalue weighted by Gasteiger charge is 2.29. The van der Waals surface area contributed by atoms with Crippen molar-refractivity contribution < 1.29 is 18.7 Å². The van der Waals surface area contributed by atoms with Gasteiger partial charge < -0.3 is 25.6 Å². The number of carbonyl (C=O) groups is 2. The highest BCUT2D eigenvalue weighted by molar-refractivity contribution is 8.18. The van der Waals surface area contributed by atoms with Crippen LogP contribution in [0.4, 0.5) is 9.18 Å². The summed E-state index contributed by atoms with van der Waals surface area (Å²) in [6.07, 6.45) is 8.48. The van der Waals surface area contributed by atoms with Crippen molar-refractivity contribution in [3.8, 4) is 5.75 Å². The van der Waals surface area contributed by atoms with Crippen LogP contribution in [0.3, 0.4) is 0 Å². The Labute approximate surface area is 210 Å². The van der Waals surface area contributed by atoms with Gasteiger partial charge in [0.15, 0.2) is 5.17 Å². The zero-order valence-corrected chi connectivity index (χ0v) is 20.8. The van der Waals surface area contributed by atoms with Crippen LogP contribution in [0.5, 0.6) is 5.75 Å². The maximum Gasteiger partial charge on any atom is 0.415 e. The van der Waals surface area contributed by atoms with Gasteiger partial charge >= 0.3 is 6.09 Å². The van der Waals surface area contributed by atoms with Crippen molar-refractivity contribution in [2.75, 3.05) is 39.3 Å². The van der Waals surface area contributed by atoms with Gasteiger partial charge in [-0.15, -0.1) is 0 Å². The van der Waals surface area contributed by atoms with Gasteiger partial charge in [-0.05, 0) is 94.2 Å². The Morgan fingerprint density at radius 1 is 1.20 bits per heavy atom. The molecule has 0 saturated carbocycles. The molecule has 3 aliphatic heterocycles. The Bertz CT molecular complexity index is 972. The number of piperidine rings is 2. The van der Waals surface area contributed by atoms with Crippen LogP contribution in [-0.2, 0) is 4.79 Å². The van der Waals surface area contributed by atoms with Crippen LogP contribution in [0.15, 0.2) is 28.1 Å². The van der Waals surface area contributed by atoms with Crippen molar-refractivity contribution in [1.82, 2.24) is 15.1 Å².